The molecule has 4 nitrogen and oxygen atoms in total. The molecule has 3 aromatic rings. The first-order valence-electron chi connectivity index (χ1n) is 10.2. The number of hydrogen-bond acceptors (Lipinski definition) is 4. The van der Waals surface area contributed by atoms with Crippen LogP contribution in [0.25, 0.3) is 12.2 Å². The first kappa shape index (κ1) is 19.1. The van der Waals surface area contributed by atoms with E-state index >= 15 is 0 Å². The zero-order valence-corrected chi connectivity index (χ0v) is 17.0. The molecular formula is C26H24O4. The van der Waals surface area contributed by atoms with Crippen LogP contribution in [0.4, 0.5) is 0 Å². The van der Waals surface area contributed by atoms with Gasteiger partial charge in [0.15, 0.2) is 5.76 Å². The molecule has 0 bridgehead atoms. The molecule has 0 saturated carbocycles. The normalized spacial score (nSPS) is 19.8. The quantitative estimate of drug-likeness (QED) is 0.519. The van der Waals surface area contributed by atoms with Crippen LogP contribution in [-0.4, -0.2) is 5.11 Å². The lowest BCUT2D eigenvalue weighted by molar-refractivity contribution is -0.192. The van der Waals surface area contributed by atoms with Crippen molar-refractivity contribution in [2.24, 2.45) is 0 Å². The Morgan fingerprint density at radius 1 is 0.833 bits per heavy atom. The highest BCUT2D eigenvalue weighted by Gasteiger charge is 2.29. The molecule has 0 saturated heterocycles. The number of furan rings is 1. The summed E-state index contributed by atoms with van der Waals surface area (Å²) in [4.78, 5) is 0. The summed E-state index contributed by atoms with van der Waals surface area (Å²) < 4.78 is 18.6. The Hall–Kier alpha value is -2.92. The van der Waals surface area contributed by atoms with Crippen molar-refractivity contribution in [3.63, 3.8) is 0 Å². The Morgan fingerprint density at radius 2 is 1.40 bits per heavy atom. The van der Waals surface area contributed by atoms with Gasteiger partial charge in [0, 0.05) is 0 Å². The second kappa shape index (κ2) is 7.73. The molecule has 1 N–H and O–H groups in total. The van der Waals surface area contributed by atoms with Crippen molar-refractivity contribution in [2.75, 3.05) is 0 Å². The maximum Gasteiger partial charge on any atom is 0.219 e. The number of benzene rings is 2. The first-order chi connectivity index (χ1) is 14.6. The van der Waals surface area contributed by atoms with Gasteiger partial charge < -0.3 is 19.0 Å². The largest absolute Gasteiger partial charge is 0.458 e. The topological polar surface area (TPSA) is 51.8 Å². The number of aliphatic hydroxyl groups is 1. The van der Waals surface area contributed by atoms with Crippen LogP contribution in [0.1, 0.15) is 63.4 Å². The lowest BCUT2D eigenvalue weighted by atomic mass is 10.1. The van der Waals surface area contributed by atoms with Crippen LogP contribution in [0, 0.1) is 13.8 Å². The highest BCUT2D eigenvalue weighted by Crippen LogP contribution is 2.41. The summed E-state index contributed by atoms with van der Waals surface area (Å²) in [5, 5.41) is 9.42. The molecule has 0 radical (unpaired) electrons. The summed E-state index contributed by atoms with van der Waals surface area (Å²) in [6, 6.07) is 16.2. The predicted molar refractivity (Wildman–Crippen MR) is 115 cm³/mol. The van der Waals surface area contributed by atoms with Gasteiger partial charge >= 0.3 is 0 Å². The van der Waals surface area contributed by atoms with Gasteiger partial charge in [-0.2, -0.15) is 0 Å². The van der Waals surface area contributed by atoms with Gasteiger partial charge in [0.2, 0.25) is 6.29 Å². The molecular weight excluding hydrogens is 376 g/mol. The maximum atomic E-state index is 9.42. The second-order valence-electron chi connectivity index (χ2n) is 7.89. The summed E-state index contributed by atoms with van der Waals surface area (Å²) in [7, 11) is 0. The van der Waals surface area contributed by atoms with Gasteiger partial charge in [-0.25, -0.2) is 0 Å². The molecule has 0 aliphatic heterocycles. The Kier molecular flexibility index (Phi) is 4.91. The summed E-state index contributed by atoms with van der Waals surface area (Å²) in [6.07, 6.45) is 7.08. The van der Waals surface area contributed by atoms with Crippen LogP contribution in [0.2, 0.25) is 0 Å². The summed E-state index contributed by atoms with van der Waals surface area (Å²) in [5.74, 6) is 1.03. The number of fused-ring (bicyclic) bond motifs is 2. The van der Waals surface area contributed by atoms with Crippen LogP contribution in [0.5, 0.6) is 0 Å². The minimum absolute atomic E-state index is 0.163. The smallest absolute Gasteiger partial charge is 0.219 e. The fourth-order valence-corrected chi connectivity index (χ4v) is 4.06. The fraction of sp³-hybridized carbons (Fsp3) is 0.231. The third-order valence-corrected chi connectivity index (χ3v) is 5.61. The van der Waals surface area contributed by atoms with E-state index in [4.69, 9.17) is 13.9 Å². The van der Waals surface area contributed by atoms with Gasteiger partial charge in [0.25, 0.3) is 0 Å². The van der Waals surface area contributed by atoms with Crippen molar-refractivity contribution >= 4 is 12.2 Å². The lowest BCUT2D eigenvalue weighted by Crippen LogP contribution is -2.14. The van der Waals surface area contributed by atoms with E-state index in [1.54, 1.807) is 12.1 Å². The molecule has 152 valence electrons. The average molecular weight is 400 g/mol. The Balaban J connectivity index is 1.43. The van der Waals surface area contributed by atoms with Gasteiger partial charge in [-0.15, -0.1) is 0 Å². The van der Waals surface area contributed by atoms with Crippen molar-refractivity contribution in [1.29, 1.82) is 0 Å². The molecule has 1 aromatic heterocycles. The van der Waals surface area contributed by atoms with Crippen molar-refractivity contribution in [3.8, 4) is 0 Å². The van der Waals surface area contributed by atoms with Gasteiger partial charge in [-0.3, -0.25) is 0 Å². The predicted octanol–water partition coefficient (Wildman–Crippen LogP) is 5.96. The van der Waals surface area contributed by atoms with Gasteiger partial charge in [0.05, 0.1) is 0 Å². The van der Waals surface area contributed by atoms with Crippen LogP contribution >= 0.6 is 0 Å². The molecule has 4 heteroatoms. The van der Waals surface area contributed by atoms with E-state index < -0.39 is 6.29 Å². The van der Waals surface area contributed by atoms with Crippen LogP contribution in [0.3, 0.4) is 0 Å². The SMILES string of the molecule is Cc1ccc2c(c1)C=CC2OC(OC1C=Cc2cc(C)ccc21)c1ccc(CO)o1. The van der Waals surface area contributed by atoms with E-state index in [1.165, 1.54) is 11.1 Å². The third kappa shape index (κ3) is 3.54. The monoisotopic (exact) mass is 400 g/mol. The minimum atomic E-state index is -0.714. The average Bonchev–Trinajstić information content (AvgIpc) is 3.46. The van der Waals surface area contributed by atoms with Crippen molar-refractivity contribution in [3.05, 3.63) is 106 Å². The maximum absolute atomic E-state index is 9.42. The Bertz CT molecular complexity index is 1070. The molecule has 2 aliphatic rings. The van der Waals surface area contributed by atoms with Gasteiger partial charge in [0.1, 0.15) is 24.6 Å². The van der Waals surface area contributed by atoms with Crippen molar-refractivity contribution < 1.29 is 19.0 Å². The number of hydrogen-bond donors (Lipinski definition) is 1. The lowest BCUT2D eigenvalue weighted by Gasteiger charge is -2.24. The number of rotatable bonds is 6. The molecule has 2 aliphatic carbocycles. The number of ether oxygens (including phenoxy) is 2. The molecule has 2 aromatic carbocycles. The Labute approximate surface area is 176 Å². The molecule has 30 heavy (non-hydrogen) atoms. The van der Waals surface area contributed by atoms with E-state index in [9.17, 15) is 5.11 Å². The molecule has 2 atom stereocenters. The standard InChI is InChI=1S/C26H24O4/c1-16-3-8-21-18(13-16)5-10-23(21)29-26(25-12-7-20(15-27)28-25)30-24-11-6-19-14-17(2)4-9-22(19)24/h3-14,23-24,26-27H,15H2,1-2H3. The van der Waals surface area contributed by atoms with Crippen LogP contribution in [0.15, 0.2) is 65.1 Å². The minimum Gasteiger partial charge on any atom is -0.458 e. The summed E-state index contributed by atoms with van der Waals surface area (Å²) in [5.41, 5.74) is 6.98. The Morgan fingerprint density at radius 3 is 1.90 bits per heavy atom. The highest BCUT2D eigenvalue weighted by molar-refractivity contribution is 5.63. The first-order valence-corrected chi connectivity index (χ1v) is 10.2. The summed E-state index contributed by atoms with van der Waals surface area (Å²) in [6.45, 7) is 4.00. The van der Waals surface area contributed by atoms with E-state index in [0.29, 0.717) is 11.5 Å². The molecule has 0 amide bonds. The number of aryl methyl sites for hydroxylation is 2. The zero-order valence-electron chi connectivity index (χ0n) is 17.0. The zero-order chi connectivity index (χ0) is 20.7. The fourth-order valence-electron chi connectivity index (χ4n) is 4.06. The van der Waals surface area contributed by atoms with E-state index in [2.05, 4.69) is 62.4 Å². The van der Waals surface area contributed by atoms with Gasteiger partial charge in [-0.05, 0) is 48.2 Å². The van der Waals surface area contributed by atoms with Crippen LogP contribution in [-0.2, 0) is 16.1 Å². The molecule has 0 spiro atoms. The van der Waals surface area contributed by atoms with E-state index in [-0.39, 0.29) is 18.8 Å². The second-order valence-corrected chi connectivity index (χ2v) is 7.89. The summed E-state index contributed by atoms with van der Waals surface area (Å²) >= 11 is 0. The third-order valence-electron chi connectivity index (χ3n) is 5.61. The van der Waals surface area contributed by atoms with Gasteiger partial charge in [-0.1, -0.05) is 71.8 Å². The molecule has 2 unspecified atom stereocenters. The van der Waals surface area contributed by atoms with E-state index in [1.807, 2.05) is 12.2 Å². The van der Waals surface area contributed by atoms with Crippen molar-refractivity contribution in [2.45, 2.75) is 39.0 Å². The molecule has 5 rings (SSSR count). The molecule has 0 fully saturated rings. The number of aliphatic hydroxyl groups excluding tert-OH is 1. The van der Waals surface area contributed by atoms with Crippen molar-refractivity contribution in [1.82, 2.24) is 0 Å². The van der Waals surface area contributed by atoms with Crippen LogP contribution < -0.4 is 0 Å². The molecule has 1 heterocycles. The highest BCUT2D eigenvalue weighted by atomic mass is 16.7. The van der Waals surface area contributed by atoms with E-state index in [0.717, 1.165) is 22.3 Å².